The van der Waals surface area contributed by atoms with Crippen molar-refractivity contribution in [3.05, 3.63) is 71.8 Å². The van der Waals surface area contributed by atoms with Crippen molar-refractivity contribution in [1.29, 1.82) is 0 Å². The molecule has 3 nitrogen and oxygen atoms in total. The van der Waals surface area contributed by atoms with E-state index in [2.05, 4.69) is 0 Å². The SMILES string of the molecule is CC1(C)OC(C(c2ccccc2)c2ccccc2)OC1=O. The summed E-state index contributed by atoms with van der Waals surface area (Å²) in [5.41, 5.74) is 1.24. The normalized spacial score (nSPS) is 20.5. The second kappa shape index (κ2) is 5.34. The van der Waals surface area contributed by atoms with E-state index < -0.39 is 11.9 Å². The van der Waals surface area contributed by atoms with Crippen LogP contribution in [0.5, 0.6) is 0 Å². The van der Waals surface area contributed by atoms with Crippen molar-refractivity contribution >= 4 is 5.97 Å². The van der Waals surface area contributed by atoms with Gasteiger partial charge in [-0.15, -0.1) is 0 Å². The molecular weight excluding hydrogens is 264 g/mol. The first-order valence-corrected chi connectivity index (χ1v) is 7.07. The Morgan fingerprint density at radius 2 is 1.38 bits per heavy atom. The van der Waals surface area contributed by atoms with Crippen molar-refractivity contribution in [3.8, 4) is 0 Å². The van der Waals surface area contributed by atoms with Gasteiger partial charge in [0.2, 0.25) is 6.29 Å². The first-order valence-electron chi connectivity index (χ1n) is 7.07. The molecule has 1 unspecified atom stereocenters. The van der Waals surface area contributed by atoms with Gasteiger partial charge in [0.15, 0.2) is 5.60 Å². The van der Waals surface area contributed by atoms with E-state index in [0.29, 0.717) is 0 Å². The number of carbonyl (C=O) groups is 1. The summed E-state index contributed by atoms with van der Waals surface area (Å²) in [6.07, 6.45) is -0.600. The Labute approximate surface area is 124 Å². The molecule has 1 fully saturated rings. The largest absolute Gasteiger partial charge is 0.433 e. The van der Waals surface area contributed by atoms with Crippen LogP contribution in [0.3, 0.4) is 0 Å². The third-order valence-electron chi connectivity index (χ3n) is 3.72. The fraction of sp³-hybridized carbons (Fsp3) is 0.278. The van der Waals surface area contributed by atoms with Crippen molar-refractivity contribution in [1.82, 2.24) is 0 Å². The van der Waals surface area contributed by atoms with Crippen molar-refractivity contribution in [3.63, 3.8) is 0 Å². The van der Waals surface area contributed by atoms with E-state index in [1.165, 1.54) is 0 Å². The summed E-state index contributed by atoms with van der Waals surface area (Å²) in [6.45, 7) is 3.48. The fourth-order valence-electron chi connectivity index (χ4n) is 2.57. The topological polar surface area (TPSA) is 35.5 Å². The first-order chi connectivity index (χ1) is 10.1. The Morgan fingerprint density at radius 1 is 0.905 bits per heavy atom. The lowest BCUT2D eigenvalue weighted by Gasteiger charge is -2.23. The molecule has 1 heterocycles. The molecule has 2 aromatic rings. The molecule has 1 aliphatic rings. The van der Waals surface area contributed by atoms with Gasteiger partial charge in [0.1, 0.15) is 0 Å². The predicted molar refractivity (Wildman–Crippen MR) is 79.8 cm³/mol. The Balaban J connectivity index is 2.00. The molecular formula is C18H18O3. The molecule has 0 N–H and O–H groups in total. The van der Waals surface area contributed by atoms with Crippen LogP contribution in [0.25, 0.3) is 0 Å². The lowest BCUT2D eigenvalue weighted by Crippen LogP contribution is -2.28. The third-order valence-corrected chi connectivity index (χ3v) is 3.72. The van der Waals surface area contributed by atoms with Crippen LogP contribution in [0.4, 0.5) is 0 Å². The molecule has 0 spiro atoms. The van der Waals surface area contributed by atoms with Crippen molar-refractivity contribution in [2.24, 2.45) is 0 Å². The maximum absolute atomic E-state index is 11.9. The monoisotopic (exact) mass is 282 g/mol. The van der Waals surface area contributed by atoms with Crippen LogP contribution in [0, 0.1) is 0 Å². The molecule has 0 radical (unpaired) electrons. The zero-order valence-electron chi connectivity index (χ0n) is 12.2. The maximum atomic E-state index is 11.9. The van der Waals surface area contributed by atoms with Gasteiger partial charge in [-0.25, -0.2) is 4.79 Å². The highest BCUT2D eigenvalue weighted by atomic mass is 16.8. The molecule has 3 heteroatoms. The van der Waals surface area contributed by atoms with Crippen molar-refractivity contribution < 1.29 is 14.3 Å². The molecule has 2 aromatic carbocycles. The minimum absolute atomic E-state index is 0.127. The van der Waals surface area contributed by atoms with Crippen molar-refractivity contribution in [2.45, 2.75) is 31.7 Å². The van der Waals surface area contributed by atoms with E-state index in [4.69, 9.17) is 9.47 Å². The van der Waals surface area contributed by atoms with E-state index >= 15 is 0 Å². The lowest BCUT2D eigenvalue weighted by atomic mass is 9.91. The minimum atomic E-state index is -0.896. The van der Waals surface area contributed by atoms with Crippen LogP contribution < -0.4 is 0 Å². The Bertz CT molecular complexity index is 580. The van der Waals surface area contributed by atoms with E-state index in [-0.39, 0.29) is 11.9 Å². The molecule has 1 atom stereocenters. The number of carbonyl (C=O) groups excluding carboxylic acids is 1. The van der Waals surface area contributed by atoms with Gasteiger partial charge in [0.05, 0.1) is 5.92 Å². The predicted octanol–water partition coefficient (Wildman–Crippen LogP) is 3.50. The molecule has 1 aliphatic heterocycles. The smallest absolute Gasteiger partial charge is 0.340 e. The third kappa shape index (κ3) is 2.69. The zero-order valence-corrected chi connectivity index (χ0v) is 12.2. The van der Waals surface area contributed by atoms with Gasteiger partial charge in [-0.2, -0.15) is 0 Å². The van der Waals surface area contributed by atoms with Crippen LogP contribution in [-0.2, 0) is 14.3 Å². The number of benzene rings is 2. The van der Waals surface area contributed by atoms with E-state index in [9.17, 15) is 4.79 Å². The molecule has 21 heavy (non-hydrogen) atoms. The number of hydrogen-bond acceptors (Lipinski definition) is 3. The number of ether oxygens (including phenoxy) is 2. The molecule has 0 saturated carbocycles. The van der Waals surface area contributed by atoms with Gasteiger partial charge in [0.25, 0.3) is 0 Å². The van der Waals surface area contributed by atoms with Crippen molar-refractivity contribution in [2.75, 3.05) is 0 Å². The molecule has 0 amide bonds. The quantitative estimate of drug-likeness (QED) is 0.808. The summed E-state index contributed by atoms with van der Waals surface area (Å²) >= 11 is 0. The minimum Gasteiger partial charge on any atom is -0.433 e. The van der Waals surface area contributed by atoms with Gasteiger partial charge >= 0.3 is 5.97 Å². The molecule has 0 bridgehead atoms. The van der Waals surface area contributed by atoms with Crippen LogP contribution in [-0.4, -0.2) is 17.9 Å². The summed E-state index contributed by atoms with van der Waals surface area (Å²) in [7, 11) is 0. The summed E-state index contributed by atoms with van der Waals surface area (Å²) in [5, 5.41) is 0. The summed E-state index contributed by atoms with van der Waals surface area (Å²) < 4.78 is 11.3. The second-order valence-corrected chi connectivity index (χ2v) is 5.70. The van der Waals surface area contributed by atoms with Gasteiger partial charge in [-0.05, 0) is 25.0 Å². The lowest BCUT2D eigenvalue weighted by molar-refractivity contribution is -0.145. The summed E-state index contributed by atoms with van der Waals surface area (Å²) in [4.78, 5) is 11.9. The highest BCUT2D eigenvalue weighted by molar-refractivity contribution is 5.80. The fourth-order valence-corrected chi connectivity index (χ4v) is 2.57. The van der Waals surface area contributed by atoms with Gasteiger partial charge < -0.3 is 9.47 Å². The molecule has 3 rings (SSSR count). The van der Waals surface area contributed by atoms with E-state index in [1.807, 2.05) is 60.7 Å². The van der Waals surface area contributed by atoms with E-state index in [1.54, 1.807) is 13.8 Å². The number of cyclic esters (lactones) is 1. The second-order valence-electron chi connectivity index (χ2n) is 5.70. The van der Waals surface area contributed by atoms with Gasteiger partial charge in [-0.1, -0.05) is 60.7 Å². The van der Waals surface area contributed by atoms with Crippen LogP contribution in [0.2, 0.25) is 0 Å². The van der Waals surface area contributed by atoms with Crippen LogP contribution >= 0.6 is 0 Å². The summed E-state index contributed by atoms with van der Waals surface area (Å²) in [6, 6.07) is 20.0. The molecule has 0 aliphatic carbocycles. The maximum Gasteiger partial charge on any atom is 0.340 e. The van der Waals surface area contributed by atoms with Crippen LogP contribution in [0.15, 0.2) is 60.7 Å². The Kier molecular flexibility index (Phi) is 3.52. The Hall–Kier alpha value is -2.13. The number of esters is 1. The highest BCUT2D eigenvalue weighted by Crippen LogP contribution is 2.37. The van der Waals surface area contributed by atoms with Gasteiger partial charge in [-0.3, -0.25) is 0 Å². The van der Waals surface area contributed by atoms with Crippen LogP contribution in [0.1, 0.15) is 30.9 Å². The molecule has 108 valence electrons. The first kappa shape index (κ1) is 13.8. The standard InChI is InChI=1S/C18H18O3/c1-18(2)17(19)20-16(21-18)15(13-9-5-3-6-10-13)14-11-7-4-8-12-14/h3-12,15-16H,1-2H3. The highest BCUT2D eigenvalue weighted by Gasteiger charge is 2.46. The van der Waals surface area contributed by atoms with E-state index in [0.717, 1.165) is 11.1 Å². The molecule has 1 saturated heterocycles. The average Bonchev–Trinajstić information content (AvgIpc) is 2.75. The van der Waals surface area contributed by atoms with Gasteiger partial charge in [0, 0.05) is 0 Å². The Morgan fingerprint density at radius 3 is 1.76 bits per heavy atom. The number of rotatable bonds is 3. The molecule has 0 aromatic heterocycles. The number of hydrogen-bond donors (Lipinski definition) is 0. The summed E-state index contributed by atoms with van der Waals surface area (Å²) in [5.74, 6) is -0.442. The average molecular weight is 282 g/mol. The zero-order chi connectivity index (χ0) is 14.9.